The van der Waals surface area contributed by atoms with Crippen LogP contribution in [-0.2, 0) is 0 Å². The lowest BCUT2D eigenvalue weighted by Crippen LogP contribution is -2.47. The molecule has 3 atom stereocenters. The lowest BCUT2D eigenvalue weighted by molar-refractivity contribution is 0.102. The van der Waals surface area contributed by atoms with Gasteiger partial charge < -0.3 is 5.73 Å². The second-order valence-electron chi connectivity index (χ2n) is 4.32. The lowest BCUT2D eigenvalue weighted by Gasteiger charge is -2.44. The molecular formula is C10H20ClN. The van der Waals surface area contributed by atoms with E-state index >= 15 is 0 Å². The van der Waals surface area contributed by atoms with Crippen LogP contribution < -0.4 is 5.73 Å². The molecule has 0 heterocycles. The highest BCUT2D eigenvalue weighted by Crippen LogP contribution is 2.41. The second kappa shape index (κ2) is 4.48. The summed E-state index contributed by atoms with van der Waals surface area (Å²) in [5, 5.41) is 0. The molecule has 0 radical (unpaired) electrons. The fourth-order valence-electron chi connectivity index (χ4n) is 2.77. The van der Waals surface area contributed by atoms with Gasteiger partial charge in [0.2, 0.25) is 0 Å². The van der Waals surface area contributed by atoms with E-state index in [-0.39, 0.29) is 12.4 Å². The minimum Gasteiger partial charge on any atom is -0.327 e. The number of nitrogens with two attached hydrogens (primary N) is 1. The number of hydrogen-bond donors (Lipinski definition) is 1. The van der Waals surface area contributed by atoms with Gasteiger partial charge in [-0.25, -0.2) is 0 Å². The maximum atomic E-state index is 5.95. The van der Waals surface area contributed by atoms with Crippen molar-refractivity contribution < 1.29 is 0 Å². The molecule has 2 rings (SSSR count). The first-order chi connectivity index (χ1) is 5.38. The molecule has 0 unspecified atom stereocenters. The summed E-state index contributed by atoms with van der Waals surface area (Å²) in [5.74, 6) is 1.93. The average molecular weight is 190 g/mol. The Morgan fingerprint density at radius 2 is 1.58 bits per heavy atom. The Bertz CT molecular complexity index is 138. The molecule has 0 aromatic heterocycles. The van der Waals surface area contributed by atoms with E-state index in [9.17, 15) is 0 Å². The van der Waals surface area contributed by atoms with Gasteiger partial charge in [-0.05, 0) is 24.7 Å². The molecule has 0 amide bonds. The highest BCUT2D eigenvalue weighted by atomic mass is 35.5. The maximum Gasteiger partial charge on any atom is 0.00725 e. The molecule has 72 valence electrons. The maximum absolute atomic E-state index is 5.95. The van der Waals surface area contributed by atoms with E-state index < -0.39 is 0 Å². The van der Waals surface area contributed by atoms with Crippen LogP contribution in [0.3, 0.4) is 0 Å². The zero-order chi connectivity index (χ0) is 7.68. The quantitative estimate of drug-likeness (QED) is 0.623. The van der Waals surface area contributed by atoms with Gasteiger partial charge in [0.05, 0.1) is 0 Å². The van der Waals surface area contributed by atoms with E-state index in [1.165, 1.54) is 44.9 Å². The summed E-state index contributed by atoms with van der Waals surface area (Å²) in [6, 6.07) is 0.568. The Labute approximate surface area is 81.5 Å². The van der Waals surface area contributed by atoms with Crippen molar-refractivity contribution in [1.82, 2.24) is 0 Å². The van der Waals surface area contributed by atoms with Gasteiger partial charge in [-0.2, -0.15) is 0 Å². The first-order valence-electron chi connectivity index (χ1n) is 5.13. The van der Waals surface area contributed by atoms with E-state index in [2.05, 4.69) is 0 Å². The molecule has 0 saturated heterocycles. The normalized spacial score (nSPS) is 41.2. The summed E-state index contributed by atoms with van der Waals surface area (Å²) < 4.78 is 0. The summed E-state index contributed by atoms with van der Waals surface area (Å²) >= 11 is 0. The third-order valence-corrected chi connectivity index (χ3v) is 3.59. The van der Waals surface area contributed by atoms with Crippen LogP contribution in [0, 0.1) is 11.8 Å². The number of rotatable bonds is 0. The predicted octanol–water partition coefficient (Wildman–Crippen LogP) is 2.73. The fourth-order valence-corrected chi connectivity index (χ4v) is 2.77. The number of fused-ring (bicyclic) bond motifs is 1. The van der Waals surface area contributed by atoms with Gasteiger partial charge in [0, 0.05) is 6.04 Å². The number of halogens is 1. The molecule has 12 heavy (non-hydrogen) atoms. The Hall–Kier alpha value is 0.250. The summed E-state index contributed by atoms with van der Waals surface area (Å²) in [5.41, 5.74) is 5.95. The molecule has 1 nitrogen and oxygen atoms in total. The molecular weight excluding hydrogens is 170 g/mol. The third-order valence-electron chi connectivity index (χ3n) is 3.59. The Morgan fingerprint density at radius 3 is 2.25 bits per heavy atom. The summed E-state index contributed by atoms with van der Waals surface area (Å²) in [4.78, 5) is 0. The highest BCUT2D eigenvalue weighted by molar-refractivity contribution is 5.85. The summed E-state index contributed by atoms with van der Waals surface area (Å²) in [6.07, 6.45) is 10.0. The summed E-state index contributed by atoms with van der Waals surface area (Å²) in [6.45, 7) is 0. The molecule has 0 aromatic carbocycles. The molecule has 0 aliphatic heterocycles. The Morgan fingerprint density at radius 1 is 0.917 bits per heavy atom. The molecule has 2 aliphatic rings. The van der Waals surface area contributed by atoms with E-state index in [1.54, 1.807) is 0 Å². The molecule has 2 N–H and O–H groups in total. The van der Waals surface area contributed by atoms with Crippen molar-refractivity contribution in [2.75, 3.05) is 0 Å². The van der Waals surface area contributed by atoms with E-state index in [0.29, 0.717) is 6.04 Å². The van der Waals surface area contributed by atoms with Crippen LogP contribution in [0.25, 0.3) is 0 Å². The molecule has 2 saturated carbocycles. The van der Waals surface area contributed by atoms with Crippen molar-refractivity contribution >= 4 is 12.4 Å². The smallest absolute Gasteiger partial charge is 0.00725 e. The predicted molar refractivity (Wildman–Crippen MR) is 54.5 cm³/mol. The van der Waals surface area contributed by atoms with Crippen LogP contribution in [0.2, 0.25) is 0 Å². The van der Waals surface area contributed by atoms with Crippen molar-refractivity contribution in [3.05, 3.63) is 0 Å². The Balaban J connectivity index is 0.000000720. The first-order valence-corrected chi connectivity index (χ1v) is 5.13. The third kappa shape index (κ3) is 1.94. The standard InChI is InChI=1S/C10H19N.ClH/c11-10-7-8-5-3-1-2-4-6-9(8)10;/h8-10H,1-7,11H2;1H/t8-,9-,10+;/m1./s1. The first kappa shape index (κ1) is 10.3. The van der Waals surface area contributed by atoms with Crippen LogP contribution in [0.1, 0.15) is 44.9 Å². The number of hydrogen-bond acceptors (Lipinski definition) is 1. The molecule has 2 aliphatic carbocycles. The molecule has 2 heteroatoms. The molecule has 0 bridgehead atoms. The highest BCUT2D eigenvalue weighted by Gasteiger charge is 2.37. The lowest BCUT2D eigenvalue weighted by atomic mass is 9.64. The SMILES string of the molecule is Cl.N[C@H]1C[C@H]2CCCCCC[C@H]21. The second-order valence-corrected chi connectivity index (χ2v) is 4.32. The van der Waals surface area contributed by atoms with Crippen molar-refractivity contribution in [2.45, 2.75) is 51.0 Å². The zero-order valence-electron chi connectivity index (χ0n) is 7.67. The molecule has 0 aromatic rings. The minimum atomic E-state index is 0. The van der Waals surface area contributed by atoms with Crippen molar-refractivity contribution in [3.63, 3.8) is 0 Å². The van der Waals surface area contributed by atoms with Gasteiger partial charge in [-0.3, -0.25) is 0 Å². The molecule has 2 fully saturated rings. The van der Waals surface area contributed by atoms with Crippen LogP contribution in [0.4, 0.5) is 0 Å². The largest absolute Gasteiger partial charge is 0.327 e. The Kier molecular flexibility index (Phi) is 3.85. The topological polar surface area (TPSA) is 26.0 Å². The van der Waals surface area contributed by atoms with Gasteiger partial charge in [0.1, 0.15) is 0 Å². The zero-order valence-corrected chi connectivity index (χ0v) is 8.48. The van der Waals surface area contributed by atoms with Crippen LogP contribution in [0.5, 0.6) is 0 Å². The average Bonchev–Trinajstić information content (AvgIpc) is 1.96. The minimum absolute atomic E-state index is 0. The van der Waals surface area contributed by atoms with Gasteiger partial charge in [0.15, 0.2) is 0 Å². The van der Waals surface area contributed by atoms with Crippen LogP contribution >= 0.6 is 12.4 Å². The monoisotopic (exact) mass is 189 g/mol. The van der Waals surface area contributed by atoms with E-state index in [4.69, 9.17) is 5.73 Å². The van der Waals surface area contributed by atoms with Crippen molar-refractivity contribution in [2.24, 2.45) is 17.6 Å². The van der Waals surface area contributed by atoms with E-state index in [1.807, 2.05) is 0 Å². The van der Waals surface area contributed by atoms with Gasteiger partial charge >= 0.3 is 0 Å². The fraction of sp³-hybridized carbons (Fsp3) is 1.00. The summed E-state index contributed by atoms with van der Waals surface area (Å²) in [7, 11) is 0. The van der Waals surface area contributed by atoms with Crippen molar-refractivity contribution in [3.8, 4) is 0 Å². The van der Waals surface area contributed by atoms with Gasteiger partial charge in [-0.15, -0.1) is 12.4 Å². The van der Waals surface area contributed by atoms with Gasteiger partial charge in [0.25, 0.3) is 0 Å². The van der Waals surface area contributed by atoms with E-state index in [0.717, 1.165) is 11.8 Å². The molecule has 0 spiro atoms. The van der Waals surface area contributed by atoms with Crippen LogP contribution in [-0.4, -0.2) is 6.04 Å². The van der Waals surface area contributed by atoms with Gasteiger partial charge in [-0.1, -0.05) is 32.1 Å². The van der Waals surface area contributed by atoms with Crippen LogP contribution in [0.15, 0.2) is 0 Å². The van der Waals surface area contributed by atoms with Crippen molar-refractivity contribution in [1.29, 1.82) is 0 Å².